The van der Waals surface area contributed by atoms with E-state index >= 15 is 0 Å². The fraction of sp³-hybridized carbons (Fsp3) is 0.261. The van der Waals surface area contributed by atoms with Gasteiger partial charge >= 0.3 is 0 Å². The van der Waals surface area contributed by atoms with Gasteiger partial charge in [0.05, 0.1) is 18.0 Å². The van der Waals surface area contributed by atoms with Crippen LogP contribution in [0.2, 0.25) is 0 Å². The zero-order valence-electron chi connectivity index (χ0n) is 15.7. The van der Waals surface area contributed by atoms with Gasteiger partial charge in [0.1, 0.15) is 18.1 Å². The van der Waals surface area contributed by atoms with Gasteiger partial charge in [-0.3, -0.25) is 4.79 Å². The predicted molar refractivity (Wildman–Crippen MR) is 110 cm³/mol. The summed E-state index contributed by atoms with van der Waals surface area (Å²) in [6, 6.07) is 18.2. The highest BCUT2D eigenvalue weighted by Gasteiger charge is 2.33. The van der Waals surface area contributed by atoms with E-state index in [9.17, 15) is 4.79 Å². The molecule has 0 spiro atoms. The van der Waals surface area contributed by atoms with Crippen molar-refractivity contribution in [1.82, 2.24) is 4.90 Å². The van der Waals surface area contributed by atoms with Crippen LogP contribution in [0.15, 0.2) is 54.6 Å². The predicted octanol–water partition coefficient (Wildman–Crippen LogP) is 5.29. The lowest BCUT2D eigenvalue weighted by Crippen LogP contribution is -2.30. The Morgan fingerprint density at radius 2 is 2.07 bits per heavy atom. The molecule has 1 unspecified atom stereocenters. The summed E-state index contributed by atoms with van der Waals surface area (Å²) in [7, 11) is 1.67. The van der Waals surface area contributed by atoms with Gasteiger partial charge < -0.3 is 14.4 Å². The molecule has 3 heterocycles. The van der Waals surface area contributed by atoms with E-state index in [-0.39, 0.29) is 11.9 Å². The summed E-state index contributed by atoms with van der Waals surface area (Å²) in [4.78, 5) is 17.3. The molecule has 2 aliphatic heterocycles. The van der Waals surface area contributed by atoms with Crippen LogP contribution in [-0.2, 0) is 6.61 Å². The summed E-state index contributed by atoms with van der Waals surface area (Å²) >= 11 is 1.58. The van der Waals surface area contributed by atoms with Gasteiger partial charge in [0.15, 0.2) is 0 Å². The molecular formula is C23H21NO3S. The standard InChI is InChI=1S/C23H21NO3S/c1-26-17-7-4-6-15(12-17)19-9-5-11-24(19)23(25)21-13-16-14-27-20-10-3-2-8-18(20)22(16)28-21/h2-4,6-8,10,12-13,19H,5,9,11,14H2,1H3. The number of rotatable bonds is 3. The Bertz CT molecular complexity index is 1040. The van der Waals surface area contributed by atoms with Gasteiger partial charge in [-0.1, -0.05) is 24.3 Å². The first-order valence-electron chi connectivity index (χ1n) is 9.54. The molecular weight excluding hydrogens is 370 g/mol. The minimum absolute atomic E-state index is 0.102. The lowest BCUT2D eigenvalue weighted by Gasteiger charge is -2.25. The maximum absolute atomic E-state index is 13.4. The van der Waals surface area contributed by atoms with Crippen LogP contribution in [0.25, 0.3) is 10.4 Å². The van der Waals surface area contributed by atoms with E-state index in [1.54, 1.807) is 18.4 Å². The molecule has 1 fully saturated rings. The van der Waals surface area contributed by atoms with E-state index in [1.807, 2.05) is 47.4 Å². The van der Waals surface area contributed by atoms with Crippen LogP contribution in [0.1, 0.15) is 39.7 Å². The van der Waals surface area contributed by atoms with E-state index in [4.69, 9.17) is 9.47 Å². The number of fused-ring (bicyclic) bond motifs is 3. The van der Waals surface area contributed by atoms with Crippen LogP contribution in [0.3, 0.4) is 0 Å². The van der Waals surface area contributed by atoms with Crippen molar-refractivity contribution < 1.29 is 14.3 Å². The molecule has 3 aromatic rings. The first-order chi connectivity index (χ1) is 13.7. The maximum atomic E-state index is 13.4. The minimum Gasteiger partial charge on any atom is -0.497 e. The Labute approximate surface area is 168 Å². The van der Waals surface area contributed by atoms with Crippen LogP contribution in [0.5, 0.6) is 11.5 Å². The zero-order chi connectivity index (χ0) is 19.1. The number of methoxy groups -OCH3 is 1. The van der Waals surface area contributed by atoms with Gasteiger partial charge in [-0.05, 0) is 48.7 Å². The third kappa shape index (κ3) is 2.87. The highest BCUT2D eigenvalue weighted by molar-refractivity contribution is 7.17. The van der Waals surface area contributed by atoms with Crippen molar-refractivity contribution in [2.75, 3.05) is 13.7 Å². The van der Waals surface area contributed by atoms with Crippen LogP contribution in [0, 0.1) is 0 Å². The SMILES string of the molecule is COc1cccc(C2CCCN2C(=O)c2cc3c(s2)-c2ccccc2OC3)c1. The third-order valence-electron chi connectivity index (χ3n) is 5.53. The van der Waals surface area contributed by atoms with Crippen molar-refractivity contribution in [1.29, 1.82) is 0 Å². The van der Waals surface area contributed by atoms with Gasteiger partial charge in [0.2, 0.25) is 0 Å². The van der Waals surface area contributed by atoms with Crippen LogP contribution < -0.4 is 9.47 Å². The molecule has 28 heavy (non-hydrogen) atoms. The van der Waals surface area contributed by atoms with Crippen LogP contribution >= 0.6 is 11.3 Å². The number of amides is 1. The Morgan fingerprint density at radius 1 is 1.18 bits per heavy atom. The smallest absolute Gasteiger partial charge is 0.264 e. The number of carbonyl (C=O) groups is 1. The number of hydrogen-bond acceptors (Lipinski definition) is 4. The summed E-state index contributed by atoms with van der Waals surface area (Å²) in [6.45, 7) is 1.31. The lowest BCUT2D eigenvalue weighted by molar-refractivity contribution is 0.0740. The maximum Gasteiger partial charge on any atom is 0.264 e. The van der Waals surface area contributed by atoms with E-state index in [1.165, 1.54) is 0 Å². The molecule has 5 rings (SSSR count). The molecule has 1 amide bonds. The van der Waals surface area contributed by atoms with E-state index < -0.39 is 0 Å². The first-order valence-corrected chi connectivity index (χ1v) is 10.4. The molecule has 0 N–H and O–H groups in total. The van der Waals surface area contributed by atoms with Crippen molar-refractivity contribution >= 4 is 17.2 Å². The largest absolute Gasteiger partial charge is 0.497 e. The summed E-state index contributed by atoms with van der Waals surface area (Å²) in [5.74, 6) is 1.84. The molecule has 2 aromatic carbocycles. The molecule has 0 saturated carbocycles. The Balaban J connectivity index is 1.46. The van der Waals surface area contributed by atoms with Crippen molar-refractivity contribution in [3.05, 3.63) is 70.6 Å². The number of hydrogen-bond donors (Lipinski definition) is 0. The number of carbonyl (C=O) groups excluding carboxylic acids is 1. The van der Waals surface area contributed by atoms with Crippen molar-refractivity contribution in [3.8, 4) is 21.9 Å². The molecule has 1 aromatic heterocycles. The lowest BCUT2D eigenvalue weighted by atomic mass is 10.0. The van der Waals surface area contributed by atoms with Gasteiger partial charge in [0.25, 0.3) is 5.91 Å². The Kier molecular flexibility index (Phi) is 4.32. The Morgan fingerprint density at radius 3 is 2.96 bits per heavy atom. The molecule has 1 atom stereocenters. The molecule has 0 aliphatic carbocycles. The van der Waals surface area contributed by atoms with Gasteiger partial charge in [-0.2, -0.15) is 0 Å². The molecule has 0 radical (unpaired) electrons. The fourth-order valence-corrected chi connectivity index (χ4v) is 5.30. The summed E-state index contributed by atoms with van der Waals surface area (Å²) in [5, 5.41) is 0. The number of para-hydroxylation sites is 1. The van der Waals surface area contributed by atoms with Crippen molar-refractivity contribution in [3.63, 3.8) is 0 Å². The van der Waals surface area contributed by atoms with Crippen LogP contribution in [-0.4, -0.2) is 24.5 Å². The second-order valence-electron chi connectivity index (χ2n) is 7.18. The first kappa shape index (κ1) is 17.3. The summed E-state index contributed by atoms with van der Waals surface area (Å²) < 4.78 is 11.2. The average Bonchev–Trinajstić information content (AvgIpc) is 3.40. The Hall–Kier alpha value is -2.79. The zero-order valence-corrected chi connectivity index (χ0v) is 16.5. The second-order valence-corrected chi connectivity index (χ2v) is 8.24. The number of thiophene rings is 1. The van der Waals surface area contributed by atoms with Gasteiger partial charge in [-0.15, -0.1) is 11.3 Å². The molecule has 142 valence electrons. The molecule has 2 aliphatic rings. The van der Waals surface area contributed by atoms with Crippen molar-refractivity contribution in [2.45, 2.75) is 25.5 Å². The second kappa shape index (κ2) is 6.99. The normalized spacial score (nSPS) is 17.6. The van der Waals surface area contributed by atoms with Gasteiger partial charge in [-0.25, -0.2) is 0 Å². The topological polar surface area (TPSA) is 38.8 Å². The fourth-order valence-electron chi connectivity index (χ4n) is 4.15. The molecule has 5 heteroatoms. The highest BCUT2D eigenvalue weighted by atomic mass is 32.1. The van der Waals surface area contributed by atoms with Crippen LogP contribution in [0.4, 0.5) is 0 Å². The van der Waals surface area contributed by atoms with E-state index in [2.05, 4.69) is 12.1 Å². The number of benzene rings is 2. The minimum atomic E-state index is 0.102. The molecule has 0 bridgehead atoms. The number of nitrogens with zero attached hydrogens (tertiary/aromatic N) is 1. The number of ether oxygens (including phenoxy) is 2. The monoisotopic (exact) mass is 391 g/mol. The molecule has 1 saturated heterocycles. The quantitative estimate of drug-likeness (QED) is 0.609. The highest BCUT2D eigenvalue weighted by Crippen LogP contribution is 2.43. The summed E-state index contributed by atoms with van der Waals surface area (Å²) in [6.07, 6.45) is 2.00. The third-order valence-corrected chi connectivity index (χ3v) is 6.73. The van der Waals surface area contributed by atoms with E-state index in [0.29, 0.717) is 6.61 Å². The van der Waals surface area contributed by atoms with Crippen molar-refractivity contribution in [2.24, 2.45) is 0 Å². The average molecular weight is 391 g/mol. The molecule has 4 nitrogen and oxygen atoms in total. The number of likely N-dealkylation sites (tertiary alicyclic amines) is 1. The summed E-state index contributed by atoms with van der Waals surface area (Å²) in [5.41, 5.74) is 3.32. The van der Waals surface area contributed by atoms with E-state index in [0.717, 1.165) is 57.3 Å². The van der Waals surface area contributed by atoms with Gasteiger partial charge in [0, 0.05) is 22.5 Å².